The van der Waals surface area contributed by atoms with Crippen LogP contribution in [-0.2, 0) is 49.6 Å². The molecule has 0 aliphatic carbocycles. The van der Waals surface area contributed by atoms with Gasteiger partial charge in [-0.2, -0.15) is 0 Å². The third-order valence-corrected chi connectivity index (χ3v) is 5.64. The number of rotatable bonds is 16. The van der Waals surface area contributed by atoms with E-state index < -0.39 is 90.2 Å². The molecule has 2 rings (SSSR count). The molecule has 0 radical (unpaired) electrons. The average molecular weight is 748 g/mol. The minimum atomic E-state index is -1.29. The second-order valence-corrected chi connectivity index (χ2v) is 10.2. The molecule has 0 aliphatic heterocycles. The Morgan fingerprint density at radius 2 is 0.923 bits per heavy atom. The third kappa shape index (κ3) is 26.7. The van der Waals surface area contributed by atoms with Crippen molar-refractivity contribution >= 4 is 64.4 Å². The van der Waals surface area contributed by atoms with Gasteiger partial charge in [0.25, 0.3) is 0 Å². The Kier molecular flexibility index (Phi) is 25.7. The molecule has 23 N–H and O–H groups in total. The molecule has 0 spiro atoms. The van der Waals surface area contributed by atoms with Gasteiger partial charge >= 0.3 is 35.8 Å². The van der Waals surface area contributed by atoms with E-state index in [9.17, 15) is 43.2 Å². The van der Waals surface area contributed by atoms with Gasteiger partial charge in [0.2, 0.25) is 17.7 Å². The molecule has 1 heterocycles. The first-order valence-corrected chi connectivity index (χ1v) is 14.4. The summed E-state index contributed by atoms with van der Waals surface area (Å²) < 4.78 is 0. The molecule has 0 fully saturated rings. The highest BCUT2D eigenvalue weighted by Gasteiger charge is 2.16. The highest BCUT2D eigenvalue weighted by atomic mass is 16.4. The molecule has 0 saturated heterocycles. The Bertz CT molecular complexity index is 1440. The minimum Gasteiger partial charge on any atom is -0.481 e. The van der Waals surface area contributed by atoms with Gasteiger partial charge in [0.15, 0.2) is 0 Å². The predicted octanol–water partition coefficient (Wildman–Crippen LogP) is -4.79. The zero-order valence-corrected chi connectivity index (χ0v) is 27.5. The number of carboxylic acid groups (broad SMARTS) is 6. The summed E-state index contributed by atoms with van der Waals surface area (Å²) in [5, 5.41) is 50.2. The lowest BCUT2D eigenvalue weighted by Crippen LogP contribution is -2.34. The Balaban J connectivity index is -0.000000590. The van der Waals surface area contributed by atoms with Crippen LogP contribution in [-0.4, -0.2) is 119 Å². The van der Waals surface area contributed by atoms with Crippen molar-refractivity contribution in [1.82, 2.24) is 4.98 Å². The maximum Gasteiger partial charge on any atom is 0.321 e. The first-order chi connectivity index (χ1) is 23.8. The number of H-pyrrole nitrogens is 1. The SMILES string of the molecule is NC(=O)CC(N)C(=O)O.NC(=O)CC(N)C(=O)O.NC(=O)CCC(N)C(=O)O.NC(CC(=O)O)C(=O)O.NC(Cc1c[nH]c2ccccc12)C(=O)O. The Morgan fingerprint density at radius 3 is 1.23 bits per heavy atom. The zero-order chi connectivity index (χ0) is 41.3. The van der Waals surface area contributed by atoms with E-state index in [1.54, 1.807) is 0 Å². The average Bonchev–Trinajstić information content (AvgIpc) is 3.42. The lowest BCUT2D eigenvalue weighted by molar-refractivity contribution is -0.144. The second-order valence-electron chi connectivity index (χ2n) is 10.2. The number of aromatic amines is 1. The molecule has 5 unspecified atom stereocenters. The van der Waals surface area contributed by atoms with Gasteiger partial charge in [-0.25, -0.2) is 0 Å². The predicted molar refractivity (Wildman–Crippen MR) is 178 cm³/mol. The smallest absolute Gasteiger partial charge is 0.321 e. The van der Waals surface area contributed by atoms with Crippen LogP contribution in [0.5, 0.6) is 0 Å². The first kappa shape index (κ1) is 50.2. The fourth-order valence-corrected chi connectivity index (χ4v) is 2.93. The maximum atomic E-state index is 10.6. The van der Waals surface area contributed by atoms with E-state index in [4.69, 9.17) is 65.0 Å². The van der Waals surface area contributed by atoms with E-state index in [0.717, 1.165) is 16.5 Å². The third-order valence-electron chi connectivity index (χ3n) is 5.64. The van der Waals surface area contributed by atoms with Gasteiger partial charge in [0, 0.05) is 29.9 Å². The summed E-state index contributed by atoms with van der Waals surface area (Å²) in [5.74, 6) is -8.95. The van der Waals surface area contributed by atoms with Crippen LogP contribution in [0, 0.1) is 0 Å². The van der Waals surface area contributed by atoms with Crippen LogP contribution in [0.4, 0.5) is 0 Å². The van der Waals surface area contributed by atoms with Gasteiger partial charge < -0.3 is 81.5 Å². The maximum absolute atomic E-state index is 10.6. The van der Waals surface area contributed by atoms with Crippen molar-refractivity contribution in [2.24, 2.45) is 45.9 Å². The Hall–Kier alpha value is -6.21. The number of hydrogen-bond acceptors (Lipinski definition) is 14. The van der Waals surface area contributed by atoms with Gasteiger partial charge in [-0.3, -0.25) is 43.2 Å². The van der Waals surface area contributed by atoms with Crippen molar-refractivity contribution in [3.05, 3.63) is 36.0 Å². The number of aromatic nitrogens is 1. The number of fused-ring (bicyclic) bond motifs is 1. The van der Waals surface area contributed by atoms with E-state index >= 15 is 0 Å². The summed E-state index contributed by atoms with van der Waals surface area (Å²) >= 11 is 0. The fourth-order valence-electron chi connectivity index (χ4n) is 2.93. The minimum absolute atomic E-state index is 0.0213. The van der Waals surface area contributed by atoms with E-state index in [1.807, 2.05) is 30.5 Å². The van der Waals surface area contributed by atoms with Crippen LogP contribution in [0.25, 0.3) is 10.9 Å². The monoisotopic (exact) mass is 747 g/mol. The van der Waals surface area contributed by atoms with Crippen molar-refractivity contribution in [3.63, 3.8) is 0 Å². The van der Waals surface area contributed by atoms with Crippen LogP contribution in [0.2, 0.25) is 0 Å². The zero-order valence-electron chi connectivity index (χ0n) is 27.5. The highest BCUT2D eigenvalue weighted by Crippen LogP contribution is 2.18. The van der Waals surface area contributed by atoms with Crippen molar-refractivity contribution in [2.45, 2.75) is 68.7 Å². The number of carboxylic acids is 6. The molecule has 1 aromatic carbocycles. The van der Waals surface area contributed by atoms with Crippen LogP contribution in [0.3, 0.4) is 0 Å². The number of nitrogens with two attached hydrogens (primary N) is 8. The van der Waals surface area contributed by atoms with Gasteiger partial charge in [0.1, 0.15) is 30.2 Å². The number of amides is 3. The summed E-state index contributed by atoms with van der Waals surface area (Å²) in [7, 11) is 0. The summed E-state index contributed by atoms with van der Waals surface area (Å²) in [6, 6.07) is 2.32. The molecule has 24 nitrogen and oxygen atoms in total. The summed E-state index contributed by atoms with van der Waals surface area (Å²) in [5.41, 5.74) is 41.2. The van der Waals surface area contributed by atoms with Crippen molar-refractivity contribution in [2.75, 3.05) is 0 Å². The van der Waals surface area contributed by atoms with Gasteiger partial charge in [0.05, 0.1) is 19.3 Å². The second kappa shape index (κ2) is 26.6. The van der Waals surface area contributed by atoms with Crippen molar-refractivity contribution in [1.29, 1.82) is 0 Å². The fraction of sp³-hybridized carbons (Fsp3) is 0.393. The molecule has 292 valence electrons. The lowest BCUT2D eigenvalue weighted by Gasteiger charge is -2.04. The summed E-state index contributed by atoms with van der Waals surface area (Å²) in [4.78, 5) is 93.3. The molecular formula is C28H45N9O15. The molecule has 0 bridgehead atoms. The number of primary amides is 3. The number of benzene rings is 1. The van der Waals surface area contributed by atoms with Crippen molar-refractivity contribution < 1.29 is 73.8 Å². The van der Waals surface area contributed by atoms with Gasteiger partial charge in [-0.15, -0.1) is 0 Å². The number of carbonyl (C=O) groups excluding carboxylic acids is 3. The van der Waals surface area contributed by atoms with Crippen molar-refractivity contribution in [3.8, 4) is 0 Å². The lowest BCUT2D eigenvalue weighted by atomic mass is 10.1. The number of para-hydroxylation sites is 1. The first-order valence-electron chi connectivity index (χ1n) is 14.4. The van der Waals surface area contributed by atoms with Crippen LogP contribution in [0.1, 0.15) is 37.7 Å². The van der Waals surface area contributed by atoms with E-state index in [1.165, 1.54) is 0 Å². The largest absolute Gasteiger partial charge is 0.481 e. The van der Waals surface area contributed by atoms with Gasteiger partial charge in [-0.05, 0) is 18.1 Å². The quantitative estimate of drug-likeness (QED) is 0.0766. The van der Waals surface area contributed by atoms with E-state index in [-0.39, 0.29) is 25.7 Å². The van der Waals surface area contributed by atoms with Crippen LogP contribution < -0.4 is 45.9 Å². The number of nitrogens with one attached hydrogen (secondary N) is 1. The van der Waals surface area contributed by atoms with Gasteiger partial charge in [-0.1, -0.05) is 18.2 Å². The molecule has 0 saturated carbocycles. The molecule has 52 heavy (non-hydrogen) atoms. The molecular weight excluding hydrogens is 702 g/mol. The highest BCUT2D eigenvalue weighted by molar-refractivity contribution is 5.85. The molecule has 5 atom stereocenters. The normalized spacial score (nSPS) is 12.6. The number of aliphatic carboxylic acids is 6. The summed E-state index contributed by atoms with van der Waals surface area (Å²) in [6.45, 7) is 0. The molecule has 2 aromatic rings. The Morgan fingerprint density at radius 1 is 0.538 bits per heavy atom. The Labute approximate surface area is 294 Å². The van der Waals surface area contributed by atoms with E-state index in [0.29, 0.717) is 6.42 Å². The van der Waals surface area contributed by atoms with E-state index in [2.05, 4.69) is 16.5 Å². The number of carbonyl (C=O) groups is 9. The topological polar surface area (TPSA) is 499 Å². The van der Waals surface area contributed by atoms with Crippen LogP contribution in [0.15, 0.2) is 30.5 Å². The molecule has 3 amide bonds. The standard InChI is InChI=1S/C11H12N2O2.C5H10N2O3.2C4H8N2O3.C4H7NO4/c12-9(11(14)15)5-7-6-13-10-4-2-1-3-8(7)10;6-3(5(9)10)1-2-4(7)8;3*5-2(4(8)9)1-3(6)7/h1-4,6,9,13H,5,12H2,(H,14,15);3H,1-2,6H2,(H2,7,8)(H,9,10);2*2H,1,5H2,(H2,6,7)(H,8,9);2H,1,5H2,(H,6,7)(H,8,9). The molecule has 1 aromatic heterocycles. The van der Waals surface area contributed by atoms with Crippen LogP contribution >= 0.6 is 0 Å². The molecule has 24 heteroatoms. The molecule has 0 aliphatic rings. The number of hydrogen-bond donors (Lipinski definition) is 15. The summed E-state index contributed by atoms with van der Waals surface area (Å²) in [6.07, 6.45) is 1.13.